The van der Waals surface area contributed by atoms with Gasteiger partial charge in [0.1, 0.15) is 17.7 Å². The average Bonchev–Trinajstić information content (AvgIpc) is 2.62. The second-order valence-corrected chi connectivity index (χ2v) is 5.58. The molecular weight excluding hydrogens is 298 g/mol. The van der Waals surface area contributed by atoms with Crippen molar-refractivity contribution < 1.29 is 13.9 Å². The van der Waals surface area contributed by atoms with Crippen molar-refractivity contribution in [2.45, 2.75) is 6.10 Å². The third-order valence-electron chi connectivity index (χ3n) is 2.10. The van der Waals surface area contributed by atoms with Gasteiger partial charge >= 0.3 is 0 Å². The summed E-state index contributed by atoms with van der Waals surface area (Å²) in [5.74, 6) is -1.38. The molecule has 1 heterocycles. The van der Waals surface area contributed by atoms with Crippen molar-refractivity contribution in [3.8, 4) is 0 Å². The monoisotopic (exact) mass is 304 g/mol. The lowest BCUT2D eigenvalue weighted by molar-refractivity contribution is 0.219. The number of halogens is 3. The van der Waals surface area contributed by atoms with Gasteiger partial charge in [0.2, 0.25) is 0 Å². The van der Waals surface area contributed by atoms with E-state index in [2.05, 4.69) is 15.9 Å². The van der Waals surface area contributed by atoms with E-state index in [0.29, 0.717) is 5.56 Å². The topological polar surface area (TPSA) is 20.2 Å². The fourth-order valence-electron chi connectivity index (χ4n) is 1.39. The van der Waals surface area contributed by atoms with Crippen LogP contribution in [0.25, 0.3) is 0 Å². The van der Waals surface area contributed by atoms with Gasteiger partial charge < -0.3 is 5.11 Å². The highest BCUT2D eigenvalue weighted by atomic mass is 79.9. The van der Waals surface area contributed by atoms with Crippen LogP contribution >= 0.6 is 27.3 Å². The molecule has 1 aromatic carbocycles. The van der Waals surface area contributed by atoms with E-state index in [9.17, 15) is 13.9 Å². The van der Waals surface area contributed by atoms with Gasteiger partial charge in [-0.05, 0) is 50.6 Å². The van der Waals surface area contributed by atoms with Gasteiger partial charge in [0.05, 0.1) is 3.79 Å². The van der Waals surface area contributed by atoms with Crippen LogP contribution in [0.2, 0.25) is 0 Å². The number of benzene rings is 1. The number of hydrogen-bond donors (Lipinski definition) is 1. The molecular formula is C11H7BrF2OS. The molecule has 2 aromatic rings. The van der Waals surface area contributed by atoms with Crippen molar-refractivity contribution in [3.63, 3.8) is 0 Å². The van der Waals surface area contributed by atoms with Crippen LogP contribution in [0, 0.1) is 11.6 Å². The van der Waals surface area contributed by atoms with Crippen LogP contribution < -0.4 is 0 Å². The summed E-state index contributed by atoms with van der Waals surface area (Å²) in [7, 11) is 0. The van der Waals surface area contributed by atoms with Crippen LogP contribution in [0.1, 0.15) is 17.2 Å². The van der Waals surface area contributed by atoms with Crippen molar-refractivity contribution in [1.29, 1.82) is 0 Å². The quantitative estimate of drug-likeness (QED) is 0.893. The van der Waals surface area contributed by atoms with E-state index in [4.69, 9.17) is 0 Å². The molecule has 0 aliphatic carbocycles. The summed E-state index contributed by atoms with van der Waals surface area (Å²) in [6, 6.07) is 4.75. The van der Waals surface area contributed by atoms with Crippen molar-refractivity contribution >= 4 is 27.3 Å². The van der Waals surface area contributed by atoms with Crippen LogP contribution in [0.4, 0.5) is 8.78 Å². The summed E-state index contributed by atoms with van der Waals surface area (Å²) in [4.78, 5) is 0. The zero-order valence-electron chi connectivity index (χ0n) is 7.95. The van der Waals surface area contributed by atoms with E-state index >= 15 is 0 Å². The Hall–Kier alpha value is -0.780. The van der Waals surface area contributed by atoms with Crippen LogP contribution in [-0.2, 0) is 0 Å². The van der Waals surface area contributed by atoms with E-state index in [1.165, 1.54) is 11.3 Å². The molecule has 0 aliphatic rings. The van der Waals surface area contributed by atoms with Gasteiger partial charge in [-0.2, -0.15) is 0 Å². The lowest BCUT2D eigenvalue weighted by atomic mass is 10.0. The predicted octanol–water partition coefficient (Wildman–Crippen LogP) is 3.87. The highest BCUT2D eigenvalue weighted by Gasteiger charge is 2.14. The summed E-state index contributed by atoms with van der Waals surface area (Å²) in [6.45, 7) is 0. The molecule has 0 amide bonds. The number of hydrogen-bond acceptors (Lipinski definition) is 2. The Balaban J connectivity index is 2.37. The second-order valence-electron chi connectivity index (χ2n) is 3.29. The highest BCUT2D eigenvalue weighted by molar-refractivity contribution is 9.11. The van der Waals surface area contributed by atoms with Gasteiger partial charge in [0, 0.05) is 6.07 Å². The molecule has 0 radical (unpaired) electrons. The number of rotatable bonds is 2. The maximum Gasteiger partial charge on any atom is 0.126 e. The van der Waals surface area contributed by atoms with Gasteiger partial charge in [-0.3, -0.25) is 0 Å². The van der Waals surface area contributed by atoms with Crippen LogP contribution in [0.3, 0.4) is 0 Å². The lowest BCUT2D eigenvalue weighted by Crippen LogP contribution is -1.99. The first kappa shape index (κ1) is 11.7. The molecule has 1 unspecified atom stereocenters. The fourth-order valence-corrected chi connectivity index (χ4v) is 2.59. The molecule has 0 saturated heterocycles. The minimum absolute atomic E-state index is 0.211. The molecule has 1 aromatic heterocycles. The lowest BCUT2D eigenvalue weighted by Gasteiger charge is -2.09. The van der Waals surface area contributed by atoms with Crippen molar-refractivity contribution in [1.82, 2.24) is 0 Å². The predicted molar refractivity (Wildman–Crippen MR) is 62.4 cm³/mol. The first-order valence-electron chi connectivity index (χ1n) is 4.44. The molecule has 0 saturated carbocycles. The Morgan fingerprint density at radius 3 is 2.19 bits per heavy atom. The van der Waals surface area contributed by atoms with Gasteiger partial charge in [0.15, 0.2) is 0 Å². The molecule has 5 heteroatoms. The second kappa shape index (κ2) is 4.61. The van der Waals surface area contributed by atoms with Gasteiger partial charge in [-0.25, -0.2) is 8.78 Å². The van der Waals surface area contributed by atoms with E-state index in [0.717, 1.165) is 22.0 Å². The SMILES string of the molecule is OC(c1cc(F)cc(F)c1)c1csc(Br)c1. The minimum atomic E-state index is -1.01. The summed E-state index contributed by atoms with van der Waals surface area (Å²) in [6.07, 6.45) is -1.01. The zero-order valence-corrected chi connectivity index (χ0v) is 10.4. The molecule has 0 spiro atoms. The number of aliphatic hydroxyl groups excluding tert-OH is 1. The van der Waals surface area contributed by atoms with Gasteiger partial charge in [0.25, 0.3) is 0 Å². The minimum Gasteiger partial charge on any atom is -0.384 e. The van der Waals surface area contributed by atoms with E-state index < -0.39 is 17.7 Å². The normalized spacial score (nSPS) is 12.8. The third kappa shape index (κ3) is 2.48. The summed E-state index contributed by atoms with van der Waals surface area (Å²) in [5.41, 5.74) is 0.824. The van der Waals surface area contributed by atoms with Crippen LogP contribution in [0.5, 0.6) is 0 Å². The van der Waals surface area contributed by atoms with Crippen LogP contribution in [0.15, 0.2) is 33.4 Å². The Kier molecular flexibility index (Phi) is 3.37. The standard InChI is InChI=1S/C11H7BrF2OS/c12-10-3-7(5-16-10)11(15)6-1-8(13)4-9(14)2-6/h1-5,11,15H. The first-order valence-corrected chi connectivity index (χ1v) is 6.11. The molecule has 1 nitrogen and oxygen atoms in total. The summed E-state index contributed by atoms with van der Waals surface area (Å²) < 4.78 is 26.8. The Morgan fingerprint density at radius 2 is 1.69 bits per heavy atom. The fraction of sp³-hybridized carbons (Fsp3) is 0.0909. The summed E-state index contributed by atoms with van der Waals surface area (Å²) >= 11 is 4.67. The van der Waals surface area contributed by atoms with Crippen molar-refractivity contribution in [3.05, 3.63) is 56.2 Å². The maximum atomic E-state index is 13.0. The number of thiophene rings is 1. The maximum absolute atomic E-state index is 13.0. The molecule has 0 bridgehead atoms. The Morgan fingerprint density at radius 1 is 1.06 bits per heavy atom. The van der Waals surface area contributed by atoms with E-state index in [1.807, 2.05) is 0 Å². The molecule has 84 valence electrons. The molecule has 0 fully saturated rings. The van der Waals surface area contributed by atoms with E-state index in [-0.39, 0.29) is 5.56 Å². The molecule has 2 rings (SSSR count). The first-order chi connectivity index (χ1) is 7.56. The van der Waals surface area contributed by atoms with Crippen molar-refractivity contribution in [2.75, 3.05) is 0 Å². The molecule has 1 N–H and O–H groups in total. The van der Waals surface area contributed by atoms with Crippen LogP contribution in [-0.4, -0.2) is 5.11 Å². The highest BCUT2D eigenvalue weighted by Crippen LogP contribution is 2.29. The van der Waals surface area contributed by atoms with Gasteiger partial charge in [-0.1, -0.05) is 0 Å². The Labute approximate surface area is 103 Å². The van der Waals surface area contributed by atoms with E-state index in [1.54, 1.807) is 11.4 Å². The molecule has 0 aliphatic heterocycles. The molecule has 16 heavy (non-hydrogen) atoms. The molecule has 1 atom stereocenters. The Bertz CT molecular complexity index is 492. The largest absolute Gasteiger partial charge is 0.384 e. The zero-order chi connectivity index (χ0) is 11.7. The van der Waals surface area contributed by atoms with Gasteiger partial charge in [-0.15, -0.1) is 11.3 Å². The summed E-state index contributed by atoms with van der Waals surface area (Å²) in [5, 5.41) is 11.6. The third-order valence-corrected chi connectivity index (χ3v) is 3.63. The van der Waals surface area contributed by atoms with Crippen molar-refractivity contribution in [2.24, 2.45) is 0 Å². The number of aliphatic hydroxyl groups is 1. The average molecular weight is 305 g/mol. The smallest absolute Gasteiger partial charge is 0.126 e.